The first kappa shape index (κ1) is 15.9. The Labute approximate surface area is 141 Å². The normalized spacial score (nSPS) is 16.5. The fourth-order valence-electron chi connectivity index (χ4n) is 2.66. The zero-order valence-electron chi connectivity index (χ0n) is 13.2. The number of hydrogen-bond donors (Lipinski definition) is 1. The molecule has 120 valence electrons. The lowest BCUT2D eigenvalue weighted by molar-refractivity contribution is 0.0935. The van der Waals surface area contributed by atoms with E-state index in [4.69, 9.17) is 4.74 Å². The van der Waals surface area contributed by atoms with E-state index in [0.717, 1.165) is 24.3 Å². The number of nitrogens with one attached hydrogen (secondary N) is 1. The Balaban J connectivity index is 1.68. The van der Waals surface area contributed by atoms with Crippen LogP contribution in [0.1, 0.15) is 41.7 Å². The molecule has 0 radical (unpaired) electrons. The van der Waals surface area contributed by atoms with Gasteiger partial charge in [0.2, 0.25) is 0 Å². The van der Waals surface area contributed by atoms with Gasteiger partial charge in [0.1, 0.15) is 5.75 Å². The molecule has 23 heavy (non-hydrogen) atoms. The summed E-state index contributed by atoms with van der Waals surface area (Å²) in [6.07, 6.45) is 1.94. The topological polar surface area (TPSA) is 38.3 Å². The van der Waals surface area contributed by atoms with Crippen LogP contribution in [0.2, 0.25) is 0 Å². The van der Waals surface area contributed by atoms with Crippen LogP contribution in [0.5, 0.6) is 5.75 Å². The van der Waals surface area contributed by atoms with E-state index in [2.05, 4.69) is 24.4 Å². The largest absolute Gasteiger partial charge is 0.494 e. The van der Waals surface area contributed by atoms with E-state index in [1.165, 1.54) is 10.5 Å². The van der Waals surface area contributed by atoms with Crippen molar-refractivity contribution in [2.45, 2.75) is 30.7 Å². The maximum Gasteiger partial charge on any atom is 0.251 e. The third kappa shape index (κ3) is 3.88. The molecule has 1 N–H and O–H groups in total. The van der Waals surface area contributed by atoms with Crippen molar-refractivity contribution in [1.29, 1.82) is 0 Å². The molecule has 3 rings (SSSR count). The first-order valence-electron chi connectivity index (χ1n) is 8.03. The summed E-state index contributed by atoms with van der Waals surface area (Å²) in [6.45, 7) is 2.77. The maximum atomic E-state index is 12.5. The van der Waals surface area contributed by atoms with Gasteiger partial charge < -0.3 is 10.1 Å². The van der Waals surface area contributed by atoms with Gasteiger partial charge in [0.25, 0.3) is 5.91 Å². The van der Waals surface area contributed by atoms with Gasteiger partial charge in [-0.2, -0.15) is 0 Å². The molecular formula is C19H21NO2S. The highest BCUT2D eigenvalue weighted by atomic mass is 32.2. The Bertz CT molecular complexity index is 669. The second kappa shape index (κ2) is 7.55. The van der Waals surface area contributed by atoms with E-state index in [-0.39, 0.29) is 11.9 Å². The Hall–Kier alpha value is -1.94. The van der Waals surface area contributed by atoms with Crippen molar-refractivity contribution in [2.24, 2.45) is 0 Å². The van der Waals surface area contributed by atoms with Crippen molar-refractivity contribution >= 4 is 17.7 Å². The van der Waals surface area contributed by atoms with Crippen LogP contribution < -0.4 is 10.1 Å². The van der Waals surface area contributed by atoms with E-state index in [1.807, 2.05) is 48.2 Å². The molecule has 1 aliphatic heterocycles. The van der Waals surface area contributed by atoms with Gasteiger partial charge >= 0.3 is 0 Å². The standard InChI is InChI=1S/C19H21NO2S/c1-2-12-22-15-9-7-14(8-10-15)19(21)20-17-11-13-23-18-6-4-3-5-16(17)18/h3-10,17H,2,11-13H2,1H3,(H,20,21)/t17-/m0/s1. The molecule has 1 atom stereocenters. The van der Waals surface area contributed by atoms with E-state index >= 15 is 0 Å². The average Bonchev–Trinajstić information content (AvgIpc) is 2.60. The van der Waals surface area contributed by atoms with Crippen molar-refractivity contribution in [3.05, 3.63) is 59.7 Å². The van der Waals surface area contributed by atoms with Gasteiger partial charge in [0.05, 0.1) is 12.6 Å². The molecule has 2 aromatic carbocycles. The minimum absolute atomic E-state index is 0.0289. The number of hydrogen-bond acceptors (Lipinski definition) is 3. The Morgan fingerprint density at radius 2 is 2.00 bits per heavy atom. The van der Waals surface area contributed by atoms with Crippen LogP contribution in [0, 0.1) is 0 Å². The summed E-state index contributed by atoms with van der Waals surface area (Å²) < 4.78 is 5.55. The van der Waals surface area contributed by atoms with Crippen LogP contribution in [-0.2, 0) is 0 Å². The van der Waals surface area contributed by atoms with Crippen LogP contribution in [0.4, 0.5) is 0 Å². The molecule has 0 fully saturated rings. The lowest BCUT2D eigenvalue weighted by Gasteiger charge is -2.25. The highest BCUT2D eigenvalue weighted by Crippen LogP contribution is 2.35. The number of carbonyl (C=O) groups is 1. The summed E-state index contributed by atoms with van der Waals surface area (Å²) in [5, 5.41) is 3.16. The molecule has 0 saturated carbocycles. The zero-order valence-corrected chi connectivity index (χ0v) is 14.1. The number of amides is 1. The minimum Gasteiger partial charge on any atom is -0.494 e. The Kier molecular flexibility index (Phi) is 5.23. The monoisotopic (exact) mass is 327 g/mol. The predicted octanol–water partition coefficient (Wildman–Crippen LogP) is 4.44. The van der Waals surface area contributed by atoms with Crippen molar-refractivity contribution in [3.63, 3.8) is 0 Å². The summed E-state index contributed by atoms with van der Waals surface area (Å²) in [4.78, 5) is 13.8. The van der Waals surface area contributed by atoms with Gasteiger partial charge in [0, 0.05) is 16.2 Å². The minimum atomic E-state index is -0.0289. The Morgan fingerprint density at radius 3 is 2.78 bits per heavy atom. The number of carbonyl (C=O) groups excluding carboxylic acids is 1. The van der Waals surface area contributed by atoms with Gasteiger partial charge in [-0.3, -0.25) is 4.79 Å². The highest BCUT2D eigenvalue weighted by Gasteiger charge is 2.22. The van der Waals surface area contributed by atoms with E-state index in [9.17, 15) is 4.79 Å². The second-order valence-electron chi connectivity index (χ2n) is 5.57. The Morgan fingerprint density at radius 1 is 1.22 bits per heavy atom. The summed E-state index contributed by atoms with van der Waals surface area (Å²) in [6, 6.07) is 15.8. The smallest absolute Gasteiger partial charge is 0.251 e. The van der Waals surface area contributed by atoms with Crippen molar-refractivity contribution in [1.82, 2.24) is 5.32 Å². The van der Waals surface area contributed by atoms with Crippen molar-refractivity contribution < 1.29 is 9.53 Å². The molecule has 1 heterocycles. The van der Waals surface area contributed by atoms with Gasteiger partial charge in [0.15, 0.2) is 0 Å². The second-order valence-corrected chi connectivity index (χ2v) is 6.71. The summed E-state index contributed by atoms with van der Waals surface area (Å²) in [5.41, 5.74) is 1.89. The molecule has 2 aromatic rings. The lowest BCUT2D eigenvalue weighted by atomic mass is 10.0. The molecule has 3 nitrogen and oxygen atoms in total. The first-order chi connectivity index (χ1) is 11.3. The molecular weight excluding hydrogens is 306 g/mol. The van der Waals surface area contributed by atoms with Crippen LogP contribution in [-0.4, -0.2) is 18.3 Å². The molecule has 0 aromatic heterocycles. The van der Waals surface area contributed by atoms with E-state index in [1.54, 1.807) is 0 Å². The van der Waals surface area contributed by atoms with Crippen molar-refractivity contribution in [2.75, 3.05) is 12.4 Å². The van der Waals surface area contributed by atoms with Gasteiger partial charge in [-0.1, -0.05) is 25.1 Å². The molecule has 0 aliphatic carbocycles. The first-order valence-corrected chi connectivity index (χ1v) is 9.02. The van der Waals surface area contributed by atoms with Crippen LogP contribution in [0.3, 0.4) is 0 Å². The fourth-order valence-corrected chi connectivity index (χ4v) is 3.78. The number of thioether (sulfide) groups is 1. The summed E-state index contributed by atoms with van der Waals surface area (Å²) in [5.74, 6) is 1.81. The lowest BCUT2D eigenvalue weighted by Crippen LogP contribution is -2.30. The predicted molar refractivity (Wildman–Crippen MR) is 94.2 cm³/mol. The maximum absolute atomic E-state index is 12.5. The van der Waals surface area contributed by atoms with Gasteiger partial charge in [-0.25, -0.2) is 0 Å². The molecule has 1 aliphatic rings. The summed E-state index contributed by atoms with van der Waals surface area (Å²) in [7, 11) is 0. The number of fused-ring (bicyclic) bond motifs is 1. The van der Waals surface area contributed by atoms with Crippen molar-refractivity contribution in [3.8, 4) is 5.75 Å². The van der Waals surface area contributed by atoms with Gasteiger partial charge in [-0.05, 0) is 48.7 Å². The molecule has 0 unspecified atom stereocenters. The van der Waals surface area contributed by atoms with E-state index in [0.29, 0.717) is 12.2 Å². The third-order valence-electron chi connectivity index (χ3n) is 3.85. The van der Waals surface area contributed by atoms with E-state index < -0.39 is 0 Å². The summed E-state index contributed by atoms with van der Waals surface area (Å²) >= 11 is 1.86. The zero-order chi connectivity index (χ0) is 16.1. The molecule has 0 spiro atoms. The molecule has 0 saturated heterocycles. The fraction of sp³-hybridized carbons (Fsp3) is 0.316. The molecule has 4 heteroatoms. The SMILES string of the molecule is CCCOc1ccc(C(=O)N[C@H]2CCSc3ccccc32)cc1. The number of rotatable bonds is 5. The molecule has 1 amide bonds. The van der Waals surface area contributed by atoms with Crippen LogP contribution in [0.25, 0.3) is 0 Å². The van der Waals surface area contributed by atoms with Crippen LogP contribution >= 0.6 is 11.8 Å². The highest BCUT2D eigenvalue weighted by molar-refractivity contribution is 7.99. The molecule has 0 bridgehead atoms. The number of benzene rings is 2. The average molecular weight is 327 g/mol. The van der Waals surface area contributed by atoms with Gasteiger partial charge in [-0.15, -0.1) is 11.8 Å². The third-order valence-corrected chi connectivity index (χ3v) is 4.98. The number of ether oxygens (including phenoxy) is 1. The van der Waals surface area contributed by atoms with Crippen LogP contribution in [0.15, 0.2) is 53.4 Å². The quantitative estimate of drug-likeness (QED) is 0.882.